The summed E-state index contributed by atoms with van der Waals surface area (Å²) in [5.74, 6) is 0.911. The predicted octanol–water partition coefficient (Wildman–Crippen LogP) is 5.02. The van der Waals surface area contributed by atoms with Crippen molar-refractivity contribution in [3.63, 3.8) is 0 Å². The van der Waals surface area contributed by atoms with E-state index in [1.165, 1.54) is 16.1 Å². The zero-order chi connectivity index (χ0) is 20.5. The number of ether oxygens (including phenoxy) is 1. The van der Waals surface area contributed by atoms with Gasteiger partial charge in [0, 0.05) is 25.7 Å². The highest BCUT2D eigenvalue weighted by Gasteiger charge is 2.20. The number of guanidine groups is 1. The molecule has 1 aliphatic rings. The Morgan fingerprint density at radius 2 is 1.87 bits per heavy atom. The van der Waals surface area contributed by atoms with Gasteiger partial charge in [0.05, 0.1) is 24.3 Å². The first-order chi connectivity index (χ1) is 14.1. The molecule has 1 aromatic heterocycles. The van der Waals surface area contributed by atoms with Crippen molar-refractivity contribution in [1.29, 1.82) is 0 Å². The van der Waals surface area contributed by atoms with Gasteiger partial charge >= 0.3 is 0 Å². The second-order valence-electron chi connectivity index (χ2n) is 7.73. The molecule has 2 aromatic rings. The summed E-state index contributed by atoms with van der Waals surface area (Å²) >= 11 is 1.83. The van der Waals surface area contributed by atoms with Crippen molar-refractivity contribution in [1.82, 2.24) is 10.6 Å². The first kappa shape index (κ1) is 24.9. The molecule has 0 unspecified atom stereocenters. The molecule has 5 nitrogen and oxygen atoms in total. The fraction of sp³-hybridized carbons (Fsp3) is 0.522. The van der Waals surface area contributed by atoms with Crippen molar-refractivity contribution in [3.8, 4) is 0 Å². The molecule has 0 spiro atoms. The minimum Gasteiger partial charge on any atom is -0.374 e. The lowest BCUT2D eigenvalue weighted by Gasteiger charge is -2.33. The van der Waals surface area contributed by atoms with E-state index >= 15 is 0 Å². The van der Waals surface area contributed by atoms with E-state index in [0.717, 1.165) is 38.4 Å². The van der Waals surface area contributed by atoms with Gasteiger partial charge in [0.1, 0.15) is 0 Å². The van der Waals surface area contributed by atoms with Gasteiger partial charge in [0.25, 0.3) is 0 Å². The fourth-order valence-corrected chi connectivity index (χ4v) is 4.17. The summed E-state index contributed by atoms with van der Waals surface area (Å²) < 4.78 is 5.66. The van der Waals surface area contributed by atoms with Crippen molar-refractivity contribution >= 4 is 46.3 Å². The number of nitrogens with one attached hydrogen (secondary N) is 2. The maximum atomic E-state index is 5.66. The second kappa shape index (κ2) is 13.2. The molecule has 166 valence electrons. The van der Waals surface area contributed by atoms with Crippen LogP contribution in [0.15, 0.2) is 46.8 Å². The summed E-state index contributed by atoms with van der Waals surface area (Å²) in [6.07, 6.45) is 2.52. The monoisotopic (exact) mass is 542 g/mol. The smallest absolute Gasteiger partial charge is 0.191 e. The van der Waals surface area contributed by atoms with Crippen molar-refractivity contribution < 1.29 is 4.74 Å². The van der Waals surface area contributed by atoms with Crippen molar-refractivity contribution in [2.24, 2.45) is 4.99 Å². The summed E-state index contributed by atoms with van der Waals surface area (Å²) in [5, 5.41) is 10.6. The fourth-order valence-electron chi connectivity index (χ4n) is 3.38. The molecule has 0 radical (unpaired) electrons. The molecule has 2 heterocycles. The second-order valence-corrected chi connectivity index (χ2v) is 8.65. The lowest BCUT2D eigenvalue weighted by atomic mass is 10.1. The van der Waals surface area contributed by atoms with Crippen LogP contribution in [-0.2, 0) is 17.9 Å². The largest absolute Gasteiger partial charge is 0.374 e. The highest BCUT2D eigenvalue weighted by Crippen LogP contribution is 2.24. The molecule has 1 aromatic carbocycles. The third kappa shape index (κ3) is 8.07. The molecule has 7 heteroatoms. The van der Waals surface area contributed by atoms with Crippen molar-refractivity contribution in [3.05, 3.63) is 52.9 Å². The van der Waals surface area contributed by atoms with Gasteiger partial charge in [-0.15, -0.1) is 35.3 Å². The number of anilines is 1. The Bertz CT molecular complexity index is 741. The highest BCUT2D eigenvalue weighted by atomic mass is 127. The molecule has 1 saturated heterocycles. The molecular formula is C23H35IN4OS. The number of hydrogen-bond acceptors (Lipinski definition) is 4. The van der Waals surface area contributed by atoms with Gasteiger partial charge in [-0.2, -0.15) is 0 Å². The van der Waals surface area contributed by atoms with Crippen LogP contribution in [0.1, 0.15) is 44.7 Å². The highest BCUT2D eigenvalue weighted by molar-refractivity contribution is 14.0. The summed E-state index contributed by atoms with van der Waals surface area (Å²) in [5.41, 5.74) is 2.41. The molecule has 2 N–H and O–H groups in total. The minimum atomic E-state index is 0. The Labute approximate surface area is 202 Å². The third-order valence-electron chi connectivity index (χ3n) is 5.02. The minimum absolute atomic E-state index is 0. The van der Waals surface area contributed by atoms with E-state index in [0.29, 0.717) is 19.2 Å². The van der Waals surface area contributed by atoms with Crippen LogP contribution < -0.4 is 15.5 Å². The molecule has 1 fully saturated rings. The Morgan fingerprint density at radius 1 is 1.17 bits per heavy atom. The number of benzene rings is 1. The molecule has 0 amide bonds. The van der Waals surface area contributed by atoms with Crippen LogP contribution in [0.5, 0.6) is 0 Å². The van der Waals surface area contributed by atoms with Crippen LogP contribution in [0.4, 0.5) is 5.00 Å². The van der Waals surface area contributed by atoms with Gasteiger partial charge in [-0.3, -0.25) is 0 Å². The molecule has 0 bridgehead atoms. The zero-order valence-corrected chi connectivity index (χ0v) is 21.4. The molecule has 0 atom stereocenters. The summed E-state index contributed by atoms with van der Waals surface area (Å²) in [6, 6.07) is 13.4. The maximum Gasteiger partial charge on any atom is 0.191 e. The average molecular weight is 543 g/mol. The quantitative estimate of drug-likeness (QED) is 0.280. The third-order valence-corrected chi connectivity index (χ3v) is 5.95. The van der Waals surface area contributed by atoms with E-state index in [-0.39, 0.29) is 30.1 Å². The first-order valence-corrected chi connectivity index (χ1v) is 11.5. The molecule has 3 rings (SSSR count). The lowest BCUT2D eigenvalue weighted by Crippen LogP contribution is -2.48. The van der Waals surface area contributed by atoms with Crippen LogP contribution in [0, 0.1) is 0 Å². The Morgan fingerprint density at radius 3 is 2.47 bits per heavy atom. The number of halogens is 1. The summed E-state index contributed by atoms with van der Waals surface area (Å²) in [6.45, 7) is 10.6. The van der Waals surface area contributed by atoms with Gasteiger partial charge in [0.15, 0.2) is 5.96 Å². The van der Waals surface area contributed by atoms with Crippen LogP contribution in [0.2, 0.25) is 0 Å². The molecule has 1 aliphatic heterocycles. The predicted molar refractivity (Wildman–Crippen MR) is 139 cm³/mol. The molecule has 30 heavy (non-hydrogen) atoms. The van der Waals surface area contributed by atoms with Crippen molar-refractivity contribution in [2.75, 3.05) is 24.5 Å². The van der Waals surface area contributed by atoms with Crippen LogP contribution >= 0.6 is 35.3 Å². The Balaban J connectivity index is 0.00000320. The Kier molecular flexibility index (Phi) is 11.0. The summed E-state index contributed by atoms with van der Waals surface area (Å²) in [4.78, 5) is 7.29. The summed E-state index contributed by atoms with van der Waals surface area (Å²) in [7, 11) is 0. The molecule has 0 aliphatic carbocycles. The Hall–Kier alpha value is -1.32. The zero-order valence-electron chi connectivity index (χ0n) is 18.3. The standard InChI is InChI=1S/C23H34N4OS.HI/c1-4-24-23(25-16-19-7-9-20(10-8-19)17-28-18(2)3)26-21-11-13-27(14-12-21)22-6-5-15-29-22;/h5-10,15,18,21H,4,11-14,16-17H2,1-3H3,(H2,24,25,26);1H. The van der Waals surface area contributed by atoms with Crippen LogP contribution in [0.25, 0.3) is 0 Å². The van der Waals surface area contributed by atoms with Gasteiger partial charge < -0.3 is 20.3 Å². The lowest BCUT2D eigenvalue weighted by molar-refractivity contribution is 0.0657. The van der Waals surface area contributed by atoms with Gasteiger partial charge in [-0.1, -0.05) is 24.3 Å². The van der Waals surface area contributed by atoms with E-state index in [2.05, 4.69) is 78.1 Å². The number of thiophene rings is 1. The van der Waals surface area contributed by atoms with Gasteiger partial charge in [-0.25, -0.2) is 4.99 Å². The van der Waals surface area contributed by atoms with Crippen molar-refractivity contribution in [2.45, 2.75) is 58.9 Å². The number of aliphatic imine (C=N–C) groups is 1. The normalized spacial score (nSPS) is 15.2. The van der Waals surface area contributed by atoms with E-state index in [4.69, 9.17) is 9.73 Å². The van der Waals surface area contributed by atoms with Gasteiger partial charge in [0.2, 0.25) is 0 Å². The maximum absolute atomic E-state index is 5.66. The average Bonchev–Trinajstić information content (AvgIpc) is 3.27. The van der Waals surface area contributed by atoms with E-state index in [9.17, 15) is 0 Å². The number of nitrogens with zero attached hydrogens (tertiary/aromatic N) is 2. The molecular weight excluding hydrogens is 507 g/mol. The number of piperidine rings is 1. The van der Waals surface area contributed by atoms with Crippen LogP contribution in [0.3, 0.4) is 0 Å². The van der Waals surface area contributed by atoms with Gasteiger partial charge in [-0.05, 0) is 62.3 Å². The first-order valence-electron chi connectivity index (χ1n) is 10.7. The number of rotatable bonds is 8. The van der Waals surface area contributed by atoms with Crippen LogP contribution in [-0.4, -0.2) is 37.7 Å². The topological polar surface area (TPSA) is 48.9 Å². The van der Waals surface area contributed by atoms with E-state index < -0.39 is 0 Å². The van der Waals surface area contributed by atoms with E-state index in [1.54, 1.807) is 0 Å². The number of hydrogen-bond donors (Lipinski definition) is 2. The molecule has 0 saturated carbocycles. The SMILES string of the molecule is CCNC(=NCc1ccc(COC(C)C)cc1)NC1CCN(c2cccs2)CC1.I. The van der Waals surface area contributed by atoms with E-state index in [1.807, 2.05) is 11.3 Å².